The Kier molecular flexibility index (Phi) is 3.59. The molecule has 3 heteroatoms. The van der Waals surface area contributed by atoms with Crippen LogP contribution in [0.4, 0.5) is 5.69 Å². The highest BCUT2D eigenvalue weighted by Gasteiger charge is 2.27. The van der Waals surface area contributed by atoms with Crippen molar-refractivity contribution < 1.29 is 0 Å². The molecule has 6 rings (SSSR count). The monoisotopic (exact) mass is 387 g/mol. The molecule has 2 aromatic heterocycles. The van der Waals surface area contributed by atoms with Crippen molar-refractivity contribution in [2.45, 2.75) is 13.8 Å². The molecule has 0 bridgehead atoms. The summed E-state index contributed by atoms with van der Waals surface area (Å²) in [6.07, 6.45) is 2.14. The van der Waals surface area contributed by atoms with Gasteiger partial charge in [0, 0.05) is 67.2 Å². The van der Waals surface area contributed by atoms with Gasteiger partial charge in [-0.15, -0.1) is 0 Å². The van der Waals surface area contributed by atoms with Crippen LogP contribution < -0.4 is 0 Å². The topological polar surface area (TPSA) is 43.9 Å². The lowest BCUT2D eigenvalue weighted by atomic mass is 9.86. The molecule has 3 nitrogen and oxygen atoms in total. The Morgan fingerprint density at radius 2 is 1.47 bits per heavy atom. The summed E-state index contributed by atoms with van der Waals surface area (Å²) in [7, 11) is 0. The molecule has 0 saturated heterocycles. The SMILES string of the molecule is CC1=Nc2ccccc2/C1=C(\c1c[nH]c2ccccc12)c1c(C)[nH]c2ccccc12. The van der Waals surface area contributed by atoms with Crippen LogP contribution in [0.25, 0.3) is 33.0 Å². The van der Waals surface area contributed by atoms with Gasteiger partial charge in [-0.1, -0.05) is 54.6 Å². The first-order valence-electron chi connectivity index (χ1n) is 10.3. The van der Waals surface area contributed by atoms with E-state index in [-0.39, 0.29) is 0 Å². The zero-order valence-electron chi connectivity index (χ0n) is 17.0. The van der Waals surface area contributed by atoms with E-state index in [1.807, 2.05) is 0 Å². The minimum atomic E-state index is 1.04. The van der Waals surface area contributed by atoms with Gasteiger partial charge < -0.3 is 9.97 Å². The highest BCUT2D eigenvalue weighted by molar-refractivity contribution is 6.37. The summed E-state index contributed by atoms with van der Waals surface area (Å²) in [6, 6.07) is 25.5. The molecule has 0 unspecified atom stereocenters. The van der Waals surface area contributed by atoms with Crippen molar-refractivity contribution in [3.05, 3.63) is 101 Å². The minimum Gasteiger partial charge on any atom is -0.361 e. The third-order valence-electron chi connectivity index (χ3n) is 6.08. The molecule has 1 aliphatic heterocycles. The summed E-state index contributed by atoms with van der Waals surface area (Å²) in [5, 5.41) is 2.46. The number of hydrogen-bond acceptors (Lipinski definition) is 1. The van der Waals surface area contributed by atoms with Gasteiger partial charge in [-0.2, -0.15) is 0 Å². The summed E-state index contributed by atoms with van der Waals surface area (Å²) in [6.45, 7) is 4.28. The van der Waals surface area contributed by atoms with Gasteiger partial charge in [-0.3, -0.25) is 4.99 Å². The second-order valence-electron chi connectivity index (χ2n) is 7.88. The van der Waals surface area contributed by atoms with Crippen molar-refractivity contribution in [3.63, 3.8) is 0 Å². The van der Waals surface area contributed by atoms with Crippen molar-refractivity contribution in [2.24, 2.45) is 4.99 Å². The highest BCUT2D eigenvalue weighted by Crippen LogP contribution is 2.45. The number of H-pyrrole nitrogens is 2. The Labute approximate surface area is 174 Å². The minimum absolute atomic E-state index is 1.04. The number of fused-ring (bicyclic) bond motifs is 3. The van der Waals surface area contributed by atoms with E-state index in [9.17, 15) is 0 Å². The first-order chi connectivity index (χ1) is 14.7. The molecule has 0 radical (unpaired) electrons. The molecule has 0 fully saturated rings. The van der Waals surface area contributed by atoms with Gasteiger partial charge in [-0.25, -0.2) is 0 Å². The Morgan fingerprint density at radius 3 is 2.33 bits per heavy atom. The van der Waals surface area contributed by atoms with Crippen LogP contribution in [0.1, 0.15) is 29.3 Å². The number of benzene rings is 3. The molecular weight excluding hydrogens is 366 g/mol. The molecule has 5 aromatic rings. The maximum Gasteiger partial charge on any atom is 0.0712 e. The summed E-state index contributed by atoms with van der Waals surface area (Å²) >= 11 is 0. The number of rotatable bonds is 2. The standard InChI is InChI=1S/C27H21N3/c1-16-25(19-10-4-7-13-23(19)29-16)27(21-15-28-22-12-6-3-9-18(21)22)26-17(2)30-24-14-8-5-11-20(24)26/h3-15,28-29H,1-2H3/b27-26+. The molecule has 0 saturated carbocycles. The van der Waals surface area contributed by atoms with Crippen LogP contribution in [-0.2, 0) is 0 Å². The lowest BCUT2D eigenvalue weighted by molar-refractivity contribution is 1.28. The van der Waals surface area contributed by atoms with Crippen LogP contribution in [0.3, 0.4) is 0 Å². The van der Waals surface area contributed by atoms with Gasteiger partial charge in [0.25, 0.3) is 0 Å². The number of nitrogens with zero attached hydrogens (tertiary/aromatic N) is 1. The van der Waals surface area contributed by atoms with Gasteiger partial charge in [0.2, 0.25) is 0 Å². The largest absolute Gasteiger partial charge is 0.361 e. The van der Waals surface area contributed by atoms with Crippen molar-refractivity contribution in [2.75, 3.05) is 0 Å². The number of allylic oxidation sites excluding steroid dienone is 1. The molecular formula is C27H21N3. The summed E-state index contributed by atoms with van der Waals surface area (Å²) in [5.41, 5.74) is 11.7. The highest BCUT2D eigenvalue weighted by atomic mass is 14.8. The van der Waals surface area contributed by atoms with E-state index < -0.39 is 0 Å². The fourth-order valence-electron chi connectivity index (χ4n) is 4.80. The van der Waals surface area contributed by atoms with E-state index in [1.54, 1.807) is 0 Å². The first-order valence-corrected chi connectivity index (χ1v) is 10.3. The van der Waals surface area contributed by atoms with Crippen LogP contribution in [-0.4, -0.2) is 15.7 Å². The second kappa shape index (κ2) is 6.33. The van der Waals surface area contributed by atoms with Crippen LogP contribution >= 0.6 is 0 Å². The van der Waals surface area contributed by atoms with Crippen molar-refractivity contribution in [1.82, 2.24) is 9.97 Å². The smallest absolute Gasteiger partial charge is 0.0712 e. The number of aryl methyl sites for hydroxylation is 1. The van der Waals surface area contributed by atoms with Gasteiger partial charge in [-0.05, 0) is 32.0 Å². The number of aromatic nitrogens is 2. The van der Waals surface area contributed by atoms with Gasteiger partial charge in [0.1, 0.15) is 0 Å². The van der Waals surface area contributed by atoms with Gasteiger partial charge in [0.15, 0.2) is 0 Å². The Bertz CT molecular complexity index is 1510. The molecule has 0 aliphatic carbocycles. The average molecular weight is 387 g/mol. The van der Waals surface area contributed by atoms with E-state index in [0.29, 0.717) is 0 Å². The van der Waals surface area contributed by atoms with Crippen LogP contribution in [0.2, 0.25) is 0 Å². The average Bonchev–Trinajstić information content (AvgIpc) is 3.43. The number of hydrogen-bond donors (Lipinski definition) is 2. The molecule has 3 aromatic carbocycles. The molecule has 144 valence electrons. The Hall–Kier alpha value is -3.85. The Morgan fingerprint density at radius 1 is 0.767 bits per heavy atom. The van der Waals surface area contributed by atoms with Crippen molar-refractivity contribution in [3.8, 4) is 0 Å². The number of aliphatic imine (C=N–C) groups is 1. The van der Waals surface area contributed by atoms with E-state index >= 15 is 0 Å². The normalized spacial score (nSPS) is 14.9. The fraction of sp³-hybridized carbons (Fsp3) is 0.0741. The van der Waals surface area contributed by atoms with E-state index in [2.05, 4.69) is 103 Å². The summed E-state index contributed by atoms with van der Waals surface area (Å²) < 4.78 is 0. The number of para-hydroxylation sites is 3. The molecule has 0 amide bonds. The molecule has 30 heavy (non-hydrogen) atoms. The lowest BCUT2D eigenvalue weighted by Gasteiger charge is -2.14. The first kappa shape index (κ1) is 17.0. The van der Waals surface area contributed by atoms with Crippen LogP contribution in [0, 0.1) is 6.92 Å². The molecule has 0 atom stereocenters. The van der Waals surface area contributed by atoms with Crippen LogP contribution in [0.15, 0.2) is 84.0 Å². The van der Waals surface area contributed by atoms with Gasteiger partial charge >= 0.3 is 0 Å². The third-order valence-corrected chi connectivity index (χ3v) is 6.08. The summed E-state index contributed by atoms with van der Waals surface area (Å²) in [5.74, 6) is 0. The lowest BCUT2D eigenvalue weighted by Crippen LogP contribution is -1.99. The van der Waals surface area contributed by atoms with Crippen LogP contribution in [0.5, 0.6) is 0 Å². The molecule has 2 N–H and O–H groups in total. The summed E-state index contributed by atoms with van der Waals surface area (Å²) in [4.78, 5) is 12.0. The van der Waals surface area contributed by atoms with Crippen molar-refractivity contribution in [1.29, 1.82) is 0 Å². The van der Waals surface area contributed by atoms with E-state index in [4.69, 9.17) is 4.99 Å². The maximum absolute atomic E-state index is 4.90. The third kappa shape index (κ3) is 2.35. The van der Waals surface area contributed by atoms with Gasteiger partial charge in [0.05, 0.1) is 5.69 Å². The zero-order chi connectivity index (χ0) is 20.2. The zero-order valence-corrected chi connectivity index (χ0v) is 17.0. The molecule has 0 spiro atoms. The maximum atomic E-state index is 4.90. The predicted molar refractivity (Wildman–Crippen MR) is 126 cm³/mol. The number of aromatic amines is 2. The van der Waals surface area contributed by atoms with E-state index in [0.717, 1.165) is 22.4 Å². The quantitative estimate of drug-likeness (QED) is 0.327. The molecule has 3 heterocycles. The Balaban J connectivity index is 1.80. The fourth-order valence-corrected chi connectivity index (χ4v) is 4.80. The van der Waals surface area contributed by atoms with E-state index in [1.165, 1.54) is 44.3 Å². The number of nitrogens with one attached hydrogen (secondary N) is 2. The predicted octanol–water partition coefficient (Wildman–Crippen LogP) is 7.02. The second-order valence-corrected chi connectivity index (χ2v) is 7.88. The van der Waals surface area contributed by atoms with Crippen molar-refractivity contribution >= 4 is 44.4 Å². The molecule has 1 aliphatic rings.